The van der Waals surface area contributed by atoms with Crippen LogP contribution in [-0.4, -0.2) is 36.7 Å². The molecule has 1 aromatic heterocycles. The highest BCUT2D eigenvalue weighted by Gasteiger charge is 2.22. The molecular weight excluding hydrogens is 250 g/mol. The number of hydrogen-bond acceptors (Lipinski definition) is 6. The number of carbonyl (C=O) groups is 2. The van der Waals surface area contributed by atoms with Gasteiger partial charge in [0.1, 0.15) is 11.2 Å². The van der Waals surface area contributed by atoms with E-state index in [4.69, 9.17) is 9.47 Å². The van der Waals surface area contributed by atoms with Gasteiger partial charge in [-0.05, 0) is 26.8 Å². The Labute approximate surface area is 111 Å². The number of hydrogen-bond donors (Lipinski definition) is 0. The Morgan fingerprint density at radius 3 is 2.26 bits per heavy atom. The lowest BCUT2D eigenvalue weighted by molar-refractivity contribution is 0.00690. The third-order valence-electron chi connectivity index (χ3n) is 2.08. The third-order valence-corrected chi connectivity index (χ3v) is 2.08. The van der Waals surface area contributed by atoms with E-state index in [1.54, 1.807) is 20.8 Å². The first-order valence-electron chi connectivity index (χ1n) is 5.64. The van der Waals surface area contributed by atoms with Crippen LogP contribution in [0.25, 0.3) is 0 Å². The summed E-state index contributed by atoms with van der Waals surface area (Å²) >= 11 is 0. The molecule has 0 aromatic carbocycles. The molecule has 0 amide bonds. The largest absolute Gasteiger partial charge is 0.480 e. The van der Waals surface area contributed by atoms with Crippen molar-refractivity contribution in [2.45, 2.75) is 26.4 Å². The van der Waals surface area contributed by atoms with Gasteiger partial charge < -0.3 is 14.2 Å². The second-order valence-corrected chi connectivity index (χ2v) is 4.77. The van der Waals surface area contributed by atoms with Crippen molar-refractivity contribution in [2.75, 3.05) is 14.2 Å². The lowest BCUT2D eigenvalue weighted by Gasteiger charge is -2.19. The second-order valence-electron chi connectivity index (χ2n) is 4.77. The molecule has 104 valence electrons. The fraction of sp³-hybridized carbons (Fsp3) is 0.462. The molecule has 0 fully saturated rings. The van der Waals surface area contributed by atoms with Gasteiger partial charge in [0.25, 0.3) is 0 Å². The van der Waals surface area contributed by atoms with Crippen molar-refractivity contribution in [3.63, 3.8) is 0 Å². The van der Waals surface area contributed by atoms with E-state index in [0.29, 0.717) is 0 Å². The van der Waals surface area contributed by atoms with Crippen LogP contribution in [0, 0.1) is 0 Å². The van der Waals surface area contributed by atoms with Crippen LogP contribution in [0.3, 0.4) is 0 Å². The Bertz CT molecular complexity index is 490. The van der Waals surface area contributed by atoms with Crippen molar-refractivity contribution >= 4 is 11.9 Å². The fourth-order valence-electron chi connectivity index (χ4n) is 1.32. The fourth-order valence-corrected chi connectivity index (χ4v) is 1.32. The Hall–Kier alpha value is -2.11. The average molecular weight is 267 g/mol. The number of aromatic nitrogens is 1. The average Bonchev–Trinajstić information content (AvgIpc) is 2.35. The molecular formula is C13H17NO5. The molecule has 0 aliphatic rings. The highest BCUT2D eigenvalue weighted by Crippen LogP contribution is 2.19. The van der Waals surface area contributed by atoms with Crippen LogP contribution in [-0.2, 0) is 9.47 Å². The van der Waals surface area contributed by atoms with Crippen molar-refractivity contribution in [2.24, 2.45) is 0 Å². The maximum Gasteiger partial charge on any atom is 0.343 e. The lowest BCUT2D eigenvalue weighted by Crippen LogP contribution is -2.24. The van der Waals surface area contributed by atoms with E-state index in [2.05, 4.69) is 9.72 Å². The summed E-state index contributed by atoms with van der Waals surface area (Å²) in [5.74, 6) is -1.10. The van der Waals surface area contributed by atoms with Crippen LogP contribution in [0.1, 0.15) is 41.5 Å². The van der Waals surface area contributed by atoms with E-state index in [1.165, 1.54) is 26.5 Å². The SMILES string of the molecule is COC(=O)c1cc(C(=O)OC(C)(C)C)cnc1OC. The Balaban J connectivity index is 3.11. The number of methoxy groups -OCH3 is 2. The molecule has 0 aliphatic carbocycles. The highest BCUT2D eigenvalue weighted by molar-refractivity contribution is 5.96. The Morgan fingerprint density at radius 1 is 1.16 bits per heavy atom. The van der Waals surface area contributed by atoms with Crippen molar-refractivity contribution in [3.8, 4) is 5.88 Å². The molecule has 1 rings (SSSR count). The van der Waals surface area contributed by atoms with Crippen molar-refractivity contribution in [1.29, 1.82) is 0 Å². The summed E-state index contributed by atoms with van der Waals surface area (Å²) in [5, 5.41) is 0. The van der Waals surface area contributed by atoms with Crippen molar-refractivity contribution in [3.05, 3.63) is 23.4 Å². The van der Waals surface area contributed by atoms with Gasteiger partial charge in [-0.1, -0.05) is 0 Å². The second kappa shape index (κ2) is 5.69. The van der Waals surface area contributed by atoms with E-state index >= 15 is 0 Å². The summed E-state index contributed by atoms with van der Waals surface area (Å²) in [6.07, 6.45) is 1.29. The summed E-state index contributed by atoms with van der Waals surface area (Å²) in [6.45, 7) is 5.26. The van der Waals surface area contributed by atoms with Crippen LogP contribution in [0.4, 0.5) is 0 Å². The maximum absolute atomic E-state index is 11.9. The van der Waals surface area contributed by atoms with Crippen molar-refractivity contribution in [1.82, 2.24) is 4.98 Å². The molecule has 0 N–H and O–H groups in total. The molecule has 1 heterocycles. The predicted octanol–water partition coefficient (Wildman–Crippen LogP) is 1.83. The van der Waals surface area contributed by atoms with Gasteiger partial charge in [-0.15, -0.1) is 0 Å². The summed E-state index contributed by atoms with van der Waals surface area (Å²) in [5.41, 5.74) is -0.382. The zero-order valence-corrected chi connectivity index (χ0v) is 11.6. The first-order valence-corrected chi connectivity index (χ1v) is 5.64. The van der Waals surface area contributed by atoms with Crippen LogP contribution < -0.4 is 4.74 Å². The molecule has 0 saturated carbocycles. The van der Waals surface area contributed by atoms with E-state index in [-0.39, 0.29) is 17.0 Å². The molecule has 0 aliphatic heterocycles. The van der Waals surface area contributed by atoms with Gasteiger partial charge in [-0.2, -0.15) is 0 Å². The molecule has 0 atom stereocenters. The molecule has 6 heteroatoms. The van der Waals surface area contributed by atoms with E-state index < -0.39 is 17.5 Å². The van der Waals surface area contributed by atoms with Gasteiger partial charge in [-0.25, -0.2) is 14.6 Å². The topological polar surface area (TPSA) is 74.7 Å². The van der Waals surface area contributed by atoms with E-state index in [9.17, 15) is 9.59 Å². The summed E-state index contributed by atoms with van der Waals surface area (Å²) in [6, 6.07) is 1.34. The summed E-state index contributed by atoms with van der Waals surface area (Å²) in [4.78, 5) is 27.3. The first kappa shape index (κ1) is 14.9. The first-order chi connectivity index (χ1) is 8.78. The monoisotopic (exact) mass is 267 g/mol. The number of nitrogens with zero attached hydrogens (tertiary/aromatic N) is 1. The Morgan fingerprint density at radius 2 is 1.79 bits per heavy atom. The van der Waals surface area contributed by atoms with Crippen molar-refractivity contribution < 1.29 is 23.8 Å². The van der Waals surface area contributed by atoms with E-state index in [0.717, 1.165) is 0 Å². The number of esters is 2. The van der Waals surface area contributed by atoms with Gasteiger partial charge in [0.15, 0.2) is 0 Å². The zero-order valence-electron chi connectivity index (χ0n) is 11.6. The summed E-state index contributed by atoms with van der Waals surface area (Å²) < 4.78 is 14.7. The van der Waals surface area contributed by atoms with Crippen LogP contribution in [0.15, 0.2) is 12.3 Å². The van der Waals surface area contributed by atoms with Crippen LogP contribution in [0.2, 0.25) is 0 Å². The molecule has 0 radical (unpaired) electrons. The normalized spacial score (nSPS) is 10.8. The zero-order chi connectivity index (χ0) is 14.6. The van der Waals surface area contributed by atoms with Crippen LogP contribution in [0.5, 0.6) is 5.88 Å². The number of rotatable bonds is 3. The molecule has 1 aromatic rings. The van der Waals surface area contributed by atoms with E-state index in [1.807, 2.05) is 0 Å². The molecule has 0 spiro atoms. The quantitative estimate of drug-likeness (QED) is 0.778. The molecule has 0 saturated heterocycles. The number of ether oxygens (including phenoxy) is 3. The highest BCUT2D eigenvalue weighted by atomic mass is 16.6. The minimum atomic E-state index is -0.630. The minimum absolute atomic E-state index is 0.0772. The lowest BCUT2D eigenvalue weighted by atomic mass is 10.1. The van der Waals surface area contributed by atoms with Gasteiger partial charge in [-0.3, -0.25) is 0 Å². The summed E-state index contributed by atoms with van der Waals surface area (Å²) in [7, 11) is 2.61. The van der Waals surface area contributed by atoms with Crippen LogP contribution >= 0.6 is 0 Å². The number of carbonyl (C=O) groups excluding carboxylic acids is 2. The predicted molar refractivity (Wildman–Crippen MR) is 67.3 cm³/mol. The van der Waals surface area contributed by atoms with Gasteiger partial charge >= 0.3 is 11.9 Å². The van der Waals surface area contributed by atoms with Gasteiger partial charge in [0.05, 0.1) is 19.8 Å². The third kappa shape index (κ3) is 3.94. The molecule has 6 nitrogen and oxygen atoms in total. The Kier molecular flexibility index (Phi) is 4.47. The molecule has 19 heavy (non-hydrogen) atoms. The number of pyridine rings is 1. The molecule has 0 bridgehead atoms. The van der Waals surface area contributed by atoms with Gasteiger partial charge in [0.2, 0.25) is 5.88 Å². The maximum atomic E-state index is 11.9. The molecule has 0 unspecified atom stereocenters. The standard InChI is InChI=1S/C13H17NO5/c1-13(2,3)19-11(15)8-6-9(12(16)18-5)10(17-4)14-7-8/h6-7H,1-5H3. The smallest absolute Gasteiger partial charge is 0.343 e. The van der Waals surface area contributed by atoms with Gasteiger partial charge in [0, 0.05) is 6.20 Å². The minimum Gasteiger partial charge on any atom is -0.480 e.